The third-order valence-corrected chi connectivity index (χ3v) is 2.94. The first-order valence-corrected chi connectivity index (χ1v) is 6.76. The van der Waals surface area contributed by atoms with Crippen LogP contribution >= 0.6 is 0 Å². The maximum Gasteiger partial charge on any atom is 0.242 e. The molecule has 1 N–H and O–H groups in total. The smallest absolute Gasteiger partial charge is 0.242 e. The van der Waals surface area contributed by atoms with Crippen molar-refractivity contribution in [3.63, 3.8) is 0 Å². The van der Waals surface area contributed by atoms with Crippen molar-refractivity contribution >= 4 is 5.91 Å². The molecule has 0 bridgehead atoms. The van der Waals surface area contributed by atoms with Crippen LogP contribution in [0.1, 0.15) is 37.7 Å². The molecule has 0 aromatic carbocycles. The maximum absolute atomic E-state index is 12.0. The molecular weight excluding hydrogens is 256 g/mol. The van der Waals surface area contributed by atoms with Crippen molar-refractivity contribution < 1.29 is 4.79 Å². The zero-order valence-electron chi connectivity index (χ0n) is 12.1. The summed E-state index contributed by atoms with van der Waals surface area (Å²) in [5.74, 6) is 0.684. The van der Waals surface area contributed by atoms with Crippen LogP contribution in [-0.4, -0.2) is 30.5 Å². The van der Waals surface area contributed by atoms with Crippen molar-refractivity contribution in [3.8, 4) is 0 Å². The summed E-state index contributed by atoms with van der Waals surface area (Å²) in [7, 11) is 0. The number of aryl methyl sites for hydroxylation is 2. The monoisotopic (exact) mass is 276 g/mol. The predicted octanol–water partition coefficient (Wildman–Crippen LogP) is 1.07. The van der Waals surface area contributed by atoms with Crippen molar-refractivity contribution in [3.05, 3.63) is 30.1 Å². The van der Waals surface area contributed by atoms with E-state index in [-0.39, 0.29) is 18.5 Å². The van der Waals surface area contributed by atoms with E-state index in [1.165, 1.54) is 0 Å². The Morgan fingerprint density at radius 1 is 1.50 bits per heavy atom. The molecule has 20 heavy (non-hydrogen) atoms. The number of carbonyl (C=O) groups is 1. The van der Waals surface area contributed by atoms with Gasteiger partial charge in [-0.15, -0.1) is 10.2 Å². The van der Waals surface area contributed by atoms with Crippen LogP contribution in [0.3, 0.4) is 0 Å². The molecule has 0 radical (unpaired) electrons. The van der Waals surface area contributed by atoms with Gasteiger partial charge in [0.15, 0.2) is 5.82 Å². The van der Waals surface area contributed by atoms with Gasteiger partial charge in [0.1, 0.15) is 12.9 Å². The molecule has 2 heterocycles. The van der Waals surface area contributed by atoms with Gasteiger partial charge in [-0.1, -0.05) is 6.92 Å². The molecule has 0 fully saturated rings. The first-order chi connectivity index (χ1) is 9.60. The summed E-state index contributed by atoms with van der Waals surface area (Å²) < 4.78 is 3.58. The van der Waals surface area contributed by atoms with E-state index < -0.39 is 0 Å². The minimum atomic E-state index is -0.173. The number of hydrogen-bond acceptors (Lipinski definition) is 4. The van der Waals surface area contributed by atoms with Crippen molar-refractivity contribution in [1.82, 2.24) is 29.9 Å². The summed E-state index contributed by atoms with van der Waals surface area (Å²) >= 11 is 0. The van der Waals surface area contributed by atoms with Gasteiger partial charge in [-0.25, -0.2) is 0 Å². The Kier molecular flexibility index (Phi) is 4.49. The molecule has 7 heteroatoms. The molecule has 0 aliphatic carbocycles. The van der Waals surface area contributed by atoms with E-state index in [0.717, 1.165) is 24.4 Å². The van der Waals surface area contributed by atoms with Gasteiger partial charge < -0.3 is 9.88 Å². The first-order valence-electron chi connectivity index (χ1n) is 6.76. The van der Waals surface area contributed by atoms with Gasteiger partial charge in [-0.3, -0.25) is 9.48 Å². The second-order valence-corrected chi connectivity index (χ2v) is 4.89. The summed E-state index contributed by atoms with van der Waals surface area (Å²) in [6.45, 7) is 6.99. The SMILES string of the molecule is CCCn1cnnc1[C@@H](C)NC(=O)Cn1cc(C)cn1. The third kappa shape index (κ3) is 3.43. The summed E-state index contributed by atoms with van der Waals surface area (Å²) in [6, 6.07) is -0.173. The lowest BCUT2D eigenvalue weighted by atomic mass is 10.3. The maximum atomic E-state index is 12.0. The summed E-state index contributed by atoms with van der Waals surface area (Å²) in [6.07, 6.45) is 6.26. The first kappa shape index (κ1) is 14.2. The van der Waals surface area contributed by atoms with Crippen LogP contribution < -0.4 is 5.32 Å². The third-order valence-electron chi connectivity index (χ3n) is 2.94. The van der Waals surface area contributed by atoms with Crippen molar-refractivity contribution in [2.24, 2.45) is 0 Å². The lowest BCUT2D eigenvalue weighted by Crippen LogP contribution is -2.31. The average molecular weight is 276 g/mol. The molecule has 0 spiro atoms. The summed E-state index contributed by atoms with van der Waals surface area (Å²) in [4.78, 5) is 12.0. The van der Waals surface area contributed by atoms with Crippen molar-refractivity contribution in [1.29, 1.82) is 0 Å². The highest BCUT2D eigenvalue weighted by atomic mass is 16.2. The van der Waals surface area contributed by atoms with Gasteiger partial charge in [0, 0.05) is 12.7 Å². The van der Waals surface area contributed by atoms with E-state index in [0.29, 0.717) is 0 Å². The number of amides is 1. The lowest BCUT2D eigenvalue weighted by Gasteiger charge is -2.14. The van der Waals surface area contributed by atoms with Gasteiger partial charge in [0.05, 0.1) is 12.2 Å². The second-order valence-electron chi connectivity index (χ2n) is 4.89. The number of nitrogens with zero attached hydrogens (tertiary/aromatic N) is 5. The Balaban J connectivity index is 1.94. The molecule has 0 aliphatic heterocycles. The number of nitrogens with one attached hydrogen (secondary N) is 1. The zero-order chi connectivity index (χ0) is 14.5. The Labute approximate surface area is 118 Å². The molecular formula is C13H20N6O. The Bertz CT molecular complexity index is 573. The molecule has 108 valence electrons. The van der Waals surface area contributed by atoms with Gasteiger partial charge >= 0.3 is 0 Å². The number of rotatable bonds is 6. The van der Waals surface area contributed by atoms with Crippen LogP contribution in [0, 0.1) is 6.92 Å². The molecule has 1 amide bonds. The van der Waals surface area contributed by atoms with Crippen LogP contribution in [-0.2, 0) is 17.9 Å². The Morgan fingerprint density at radius 3 is 2.95 bits per heavy atom. The highest BCUT2D eigenvalue weighted by Crippen LogP contribution is 2.09. The minimum absolute atomic E-state index is 0.0911. The van der Waals surface area contributed by atoms with Crippen LogP contribution in [0.5, 0.6) is 0 Å². The fraction of sp³-hybridized carbons (Fsp3) is 0.538. The molecule has 0 aliphatic rings. The van der Waals surface area contributed by atoms with E-state index in [9.17, 15) is 4.79 Å². The quantitative estimate of drug-likeness (QED) is 0.856. The predicted molar refractivity (Wildman–Crippen MR) is 73.8 cm³/mol. The minimum Gasteiger partial charge on any atom is -0.345 e. The zero-order valence-corrected chi connectivity index (χ0v) is 12.1. The van der Waals surface area contributed by atoms with Gasteiger partial charge in [-0.05, 0) is 25.8 Å². The van der Waals surface area contributed by atoms with E-state index in [2.05, 4.69) is 27.5 Å². The summed E-state index contributed by atoms with van der Waals surface area (Å²) in [5.41, 5.74) is 1.04. The molecule has 7 nitrogen and oxygen atoms in total. The van der Waals surface area contributed by atoms with E-state index in [1.807, 2.05) is 24.6 Å². The van der Waals surface area contributed by atoms with E-state index in [1.54, 1.807) is 17.2 Å². The molecule has 2 rings (SSSR count). The standard InChI is InChI=1S/C13H20N6O/c1-4-5-18-9-14-17-13(18)11(3)16-12(20)8-19-7-10(2)6-15-19/h6-7,9,11H,4-5,8H2,1-3H3,(H,16,20)/t11-/m1/s1. The van der Waals surface area contributed by atoms with Crippen LogP contribution in [0.2, 0.25) is 0 Å². The van der Waals surface area contributed by atoms with Crippen LogP contribution in [0.15, 0.2) is 18.7 Å². The highest BCUT2D eigenvalue weighted by Gasteiger charge is 2.15. The average Bonchev–Trinajstić information content (AvgIpc) is 2.99. The molecule has 0 saturated heterocycles. The molecule has 0 unspecified atom stereocenters. The second kappa shape index (κ2) is 6.31. The number of hydrogen-bond donors (Lipinski definition) is 1. The van der Waals surface area contributed by atoms with E-state index in [4.69, 9.17) is 0 Å². The highest BCUT2D eigenvalue weighted by molar-refractivity contribution is 5.76. The Morgan fingerprint density at radius 2 is 2.30 bits per heavy atom. The molecule has 2 aromatic rings. The Hall–Kier alpha value is -2.18. The fourth-order valence-corrected chi connectivity index (χ4v) is 2.06. The lowest BCUT2D eigenvalue weighted by molar-refractivity contribution is -0.122. The van der Waals surface area contributed by atoms with E-state index >= 15 is 0 Å². The number of carbonyl (C=O) groups excluding carboxylic acids is 1. The van der Waals surface area contributed by atoms with Gasteiger partial charge in [-0.2, -0.15) is 5.10 Å². The van der Waals surface area contributed by atoms with Gasteiger partial charge in [0.2, 0.25) is 5.91 Å². The largest absolute Gasteiger partial charge is 0.345 e. The number of aromatic nitrogens is 5. The van der Waals surface area contributed by atoms with Crippen molar-refractivity contribution in [2.45, 2.75) is 46.3 Å². The van der Waals surface area contributed by atoms with Crippen LogP contribution in [0.4, 0.5) is 0 Å². The summed E-state index contributed by atoms with van der Waals surface area (Å²) in [5, 5.41) is 15.0. The van der Waals surface area contributed by atoms with Crippen molar-refractivity contribution in [2.75, 3.05) is 0 Å². The normalized spacial score (nSPS) is 12.3. The van der Waals surface area contributed by atoms with Crippen LogP contribution in [0.25, 0.3) is 0 Å². The topological polar surface area (TPSA) is 77.6 Å². The fourth-order valence-electron chi connectivity index (χ4n) is 2.06. The molecule has 1 atom stereocenters. The molecule has 0 saturated carbocycles. The molecule has 2 aromatic heterocycles. The van der Waals surface area contributed by atoms with Gasteiger partial charge in [0.25, 0.3) is 0 Å².